The Kier molecular flexibility index (Phi) is 6.97. The van der Waals surface area contributed by atoms with Crippen molar-refractivity contribution in [1.82, 2.24) is 0 Å². The molecule has 0 atom stereocenters. The molecular weight excluding hydrogens is 574 g/mol. The van der Waals surface area contributed by atoms with E-state index < -0.39 is 115 Å². The Bertz CT molecular complexity index is 1290. The first kappa shape index (κ1) is 28.4. The maximum atomic E-state index is 14.8. The molecule has 0 unspecified atom stereocenters. The summed E-state index contributed by atoms with van der Waals surface area (Å²) in [5.41, 5.74) is -9.74. The standard InChI is InChI=1S/C18BF15NO3/c20-4-1(5(21)11(27)16(32)10(4)26)19(38-35(36)37,2-6(22)12(28)17(33)13(29)7(2)23)3-8(24)14(30)18(34)15(31)9(3)25/q-1. The van der Waals surface area contributed by atoms with Gasteiger partial charge in [0.2, 0.25) is 5.09 Å². The van der Waals surface area contributed by atoms with Gasteiger partial charge < -0.3 is 4.76 Å². The average molecular weight is 574 g/mol. The number of benzene rings is 3. The van der Waals surface area contributed by atoms with Gasteiger partial charge >= 0.3 is 0 Å². The Morgan fingerprint density at radius 1 is 0.395 bits per heavy atom. The van der Waals surface area contributed by atoms with Crippen LogP contribution in [0.25, 0.3) is 0 Å². The van der Waals surface area contributed by atoms with Gasteiger partial charge in [0.05, 0.1) is 0 Å². The van der Waals surface area contributed by atoms with E-state index in [9.17, 15) is 76.0 Å². The van der Waals surface area contributed by atoms with Crippen molar-refractivity contribution in [2.24, 2.45) is 0 Å². The van der Waals surface area contributed by atoms with Crippen LogP contribution in [0.15, 0.2) is 0 Å². The fourth-order valence-corrected chi connectivity index (χ4v) is 3.66. The normalized spacial score (nSPS) is 11.8. The number of nitrogens with zero attached hydrogens (tertiary/aromatic N) is 1. The molecule has 3 rings (SSSR count). The molecular formula is C18BF15NO3-. The Morgan fingerprint density at radius 2 is 0.553 bits per heavy atom. The van der Waals surface area contributed by atoms with Gasteiger partial charge in [-0.2, -0.15) is 0 Å². The third-order valence-electron chi connectivity index (χ3n) is 5.20. The molecule has 0 heterocycles. The molecule has 0 aliphatic rings. The molecule has 3 aromatic rings. The van der Waals surface area contributed by atoms with Gasteiger partial charge in [-0.15, -0.1) is 10.1 Å². The van der Waals surface area contributed by atoms with E-state index >= 15 is 0 Å². The Hall–Kier alpha value is -4.13. The zero-order chi connectivity index (χ0) is 29.2. The summed E-state index contributed by atoms with van der Waals surface area (Å²) in [6, 6.07) is 0. The highest BCUT2D eigenvalue weighted by atomic mass is 19.2. The van der Waals surface area contributed by atoms with E-state index in [4.69, 9.17) is 0 Å². The number of hydrogen-bond acceptors (Lipinski definition) is 3. The third-order valence-corrected chi connectivity index (χ3v) is 5.20. The second kappa shape index (κ2) is 9.32. The Balaban J connectivity index is 2.91. The minimum Gasteiger partial charge on any atom is -0.510 e. The molecule has 0 saturated heterocycles. The van der Waals surface area contributed by atoms with Crippen LogP contribution in [-0.2, 0) is 4.76 Å². The highest BCUT2D eigenvalue weighted by Crippen LogP contribution is 2.28. The number of rotatable bonds is 5. The van der Waals surface area contributed by atoms with E-state index in [2.05, 4.69) is 4.76 Å². The van der Waals surface area contributed by atoms with Crippen molar-refractivity contribution in [2.45, 2.75) is 0 Å². The maximum Gasteiger partial charge on any atom is 0.260 e. The molecule has 0 amide bonds. The van der Waals surface area contributed by atoms with E-state index in [1.807, 2.05) is 0 Å². The lowest BCUT2D eigenvalue weighted by molar-refractivity contribution is -0.719. The quantitative estimate of drug-likeness (QED) is 0.116. The number of halogens is 15. The van der Waals surface area contributed by atoms with Gasteiger partial charge in [0, 0.05) is 0 Å². The Labute approximate surface area is 196 Å². The fraction of sp³-hybridized carbons (Fsp3) is 0. The zero-order valence-corrected chi connectivity index (χ0v) is 16.9. The van der Waals surface area contributed by atoms with Crippen LogP contribution in [0.1, 0.15) is 0 Å². The van der Waals surface area contributed by atoms with Gasteiger partial charge in [-0.1, -0.05) is 16.4 Å². The molecule has 0 aliphatic carbocycles. The number of hydrogen-bond donors (Lipinski definition) is 0. The zero-order valence-electron chi connectivity index (χ0n) is 16.9. The summed E-state index contributed by atoms with van der Waals surface area (Å²) in [6.45, 7) is 0. The second-order valence-corrected chi connectivity index (χ2v) is 7.07. The minimum absolute atomic E-state index is 2.56. The van der Waals surface area contributed by atoms with E-state index in [1.165, 1.54) is 0 Å². The van der Waals surface area contributed by atoms with Crippen LogP contribution in [0.4, 0.5) is 65.9 Å². The average Bonchev–Trinajstić information content (AvgIpc) is 2.85. The predicted octanol–water partition coefficient (Wildman–Crippen LogP) is 3.95. The van der Waals surface area contributed by atoms with Crippen LogP contribution < -0.4 is 16.4 Å². The smallest absolute Gasteiger partial charge is 0.260 e. The van der Waals surface area contributed by atoms with Gasteiger partial charge in [0.1, 0.15) is 34.9 Å². The lowest BCUT2D eigenvalue weighted by Crippen LogP contribution is -2.75. The van der Waals surface area contributed by atoms with E-state index in [0.29, 0.717) is 0 Å². The summed E-state index contributed by atoms with van der Waals surface area (Å²) in [5, 5.41) is 8.63. The highest BCUT2D eigenvalue weighted by Gasteiger charge is 2.51. The van der Waals surface area contributed by atoms with Crippen LogP contribution in [0.3, 0.4) is 0 Å². The predicted molar refractivity (Wildman–Crippen MR) is 91.4 cm³/mol. The summed E-state index contributed by atoms with van der Waals surface area (Å²) in [6.07, 6.45) is -6.65. The molecule has 3 aromatic carbocycles. The summed E-state index contributed by atoms with van der Waals surface area (Å²) < 4.78 is 217. The molecule has 20 heteroatoms. The van der Waals surface area contributed by atoms with Crippen LogP contribution in [0.2, 0.25) is 0 Å². The van der Waals surface area contributed by atoms with Crippen LogP contribution >= 0.6 is 0 Å². The van der Waals surface area contributed by atoms with Crippen LogP contribution in [0.5, 0.6) is 0 Å². The van der Waals surface area contributed by atoms with Gasteiger partial charge in [-0.25, -0.2) is 65.9 Å². The van der Waals surface area contributed by atoms with Crippen molar-refractivity contribution in [3.8, 4) is 0 Å². The highest BCUT2D eigenvalue weighted by molar-refractivity contribution is 7.07. The van der Waals surface area contributed by atoms with E-state index in [0.717, 1.165) is 0 Å². The first-order valence-electron chi connectivity index (χ1n) is 8.98. The Morgan fingerprint density at radius 3 is 0.711 bits per heavy atom. The van der Waals surface area contributed by atoms with Gasteiger partial charge in [0.25, 0.3) is 6.35 Å². The molecule has 38 heavy (non-hydrogen) atoms. The molecule has 0 fully saturated rings. The first-order valence-corrected chi connectivity index (χ1v) is 8.98. The van der Waals surface area contributed by atoms with Crippen molar-refractivity contribution >= 4 is 22.7 Å². The molecule has 0 aliphatic heterocycles. The lowest BCUT2D eigenvalue weighted by atomic mass is 9.27. The molecule has 204 valence electrons. The van der Waals surface area contributed by atoms with Crippen molar-refractivity contribution in [2.75, 3.05) is 0 Å². The lowest BCUT2D eigenvalue weighted by Gasteiger charge is -2.42. The summed E-state index contributed by atoms with van der Waals surface area (Å²) in [5.74, 6) is -49.9. The monoisotopic (exact) mass is 574 g/mol. The van der Waals surface area contributed by atoms with E-state index in [1.54, 1.807) is 0 Å². The topological polar surface area (TPSA) is 52.4 Å². The van der Waals surface area contributed by atoms with Gasteiger partial charge in [-0.3, -0.25) is 0 Å². The van der Waals surface area contributed by atoms with Crippen molar-refractivity contribution < 1.29 is 75.7 Å². The molecule has 0 saturated carbocycles. The maximum absolute atomic E-state index is 14.8. The fourth-order valence-electron chi connectivity index (χ4n) is 3.66. The molecule has 0 aromatic heterocycles. The third kappa shape index (κ3) is 3.68. The minimum atomic E-state index is -6.65. The summed E-state index contributed by atoms with van der Waals surface area (Å²) in [4.78, 5) is 11.2. The van der Waals surface area contributed by atoms with Crippen molar-refractivity contribution in [3.63, 3.8) is 0 Å². The summed E-state index contributed by atoms with van der Waals surface area (Å²) >= 11 is 0. The van der Waals surface area contributed by atoms with Crippen molar-refractivity contribution in [1.29, 1.82) is 0 Å². The van der Waals surface area contributed by atoms with Crippen molar-refractivity contribution in [3.05, 3.63) is 97.4 Å². The molecule has 0 spiro atoms. The second-order valence-electron chi connectivity index (χ2n) is 7.07. The molecule has 0 radical (unpaired) electrons. The molecule has 4 nitrogen and oxygen atoms in total. The van der Waals surface area contributed by atoms with Crippen LogP contribution in [-0.4, -0.2) is 11.4 Å². The van der Waals surface area contributed by atoms with Gasteiger partial charge in [-0.05, 0) is 0 Å². The first-order chi connectivity index (χ1) is 17.4. The van der Waals surface area contributed by atoms with Crippen LogP contribution in [0, 0.1) is 97.4 Å². The summed E-state index contributed by atoms with van der Waals surface area (Å²) in [7, 11) is 0. The van der Waals surface area contributed by atoms with E-state index in [-0.39, 0.29) is 0 Å². The molecule has 0 N–H and O–H groups in total. The van der Waals surface area contributed by atoms with Gasteiger partial charge in [0.15, 0.2) is 52.4 Å². The SMILES string of the molecule is O=[N+]([O-])O[B-](c1c(F)c(F)c(F)c(F)c1F)(c1c(F)c(F)c(F)c(F)c1F)c1c(F)c(F)c(F)c(F)c1F. The molecule has 0 bridgehead atoms. The largest absolute Gasteiger partial charge is 0.510 e.